The molecule has 1 atom stereocenters. The van der Waals surface area contributed by atoms with Gasteiger partial charge in [-0.3, -0.25) is 9.59 Å². The average Bonchev–Trinajstić information content (AvgIpc) is 2.70. The van der Waals surface area contributed by atoms with Gasteiger partial charge in [0.15, 0.2) is 0 Å². The Morgan fingerprint density at radius 2 is 1.82 bits per heavy atom. The number of aryl methyl sites for hydroxylation is 1. The summed E-state index contributed by atoms with van der Waals surface area (Å²) in [6, 6.07) is 14.9. The Balaban J connectivity index is 2.13. The van der Waals surface area contributed by atoms with Gasteiger partial charge in [-0.05, 0) is 44.0 Å². The SMILES string of the molecule is CCCNC(=O)[C@H](C)N(Cc1ccccc1Cl)C(=O)CSc1ccc(C)cc1. The Morgan fingerprint density at radius 1 is 1.14 bits per heavy atom. The summed E-state index contributed by atoms with van der Waals surface area (Å²) < 4.78 is 0. The summed E-state index contributed by atoms with van der Waals surface area (Å²) in [5, 5.41) is 3.47. The Labute approximate surface area is 176 Å². The maximum atomic E-state index is 13.0. The highest BCUT2D eigenvalue weighted by molar-refractivity contribution is 8.00. The van der Waals surface area contributed by atoms with Crippen molar-refractivity contribution in [1.82, 2.24) is 10.2 Å². The predicted molar refractivity (Wildman–Crippen MR) is 117 cm³/mol. The van der Waals surface area contributed by atoms with Gasteiger partial charge < -0.3 is 10.2 Å². The number of nitrogens with zero attached hydrogens (tertiary/aromatic N) is 1. The molecule has 6 heteroatoms. The normalized spacial score (nSPS) is 11.7. The number of thioether (sulfide) groups is 1. The molecular formula is C22H27ClN2O2S. The van der Waals surface area contributed by atoms with Crippen molar-refractivity contribution in [3.05, 3.63) is 64.7 Å². The molecule has 0 fully saturated rings. The van der Waals surface area contributed by atoms with Gasteiger partial charge in [0, 0.05) is 23.0 Å². The monoisotopic (exact) mass is 418 g/mol. The summed E-state index contributed by atoms with van der Waals surface area (Å²) in [7, 11) is 0. The first-order chi connectivity index (χ1) is 13.4. The molecule has 150 valence electrons. The minimum Gasteiger partial charge on any atom is -0.354 e. The third-order valence-corrected chi connectivity index (χ3v) is 5.76. The minimum atomic E-state index is -0.575. The van der Waals surface area contributed by atoms with Gasteiger partial charge in [0.25, 0.3) is 0 Å². The second kappa shape index (κ2) is 11.1. The van der Waals surface area contributed by atoms with Crippen molar-refractivity contribution in [2.24, 2.45) is 0 Å². The van der Waals surface area contributed by atoms with E-state index in [9.17, 15) is 9.59 Å². The van der Waals surface area contributed by atoms with E-state index in [2.05, 4.69) is 5.32 Å². The van der Waals surface area contributed by atoms with Crippen LogP contribution in [0.2, 0.25) is 5.02 Å². The molecule has 2 amide bonds. The van der Waals surface area contributed by atoms with Crippen molar-refractivity contribution >= 4 is 35.2 Å². The van der Waals surface area contributed by atoms with Gasteiger partial charge >= 0.3 is 0 Å². The largest absolute Gasteiger partial charge is 0.354 e. The number of amides is 2. The van der Waals surface area contributed by atoms with E-state index in [4.69, 9.17) is 11.6 Å². The molecule has 0 aromatic heterocycles. The molecule has 0 saturated carbocycles. The fourth-order valence-corrected chi connectivity index (χ4v) is 3.63. The number of carbonyl (C=O) groups is 2. The number of hydrogen-bond donors (Lipinski definition) is 1. The van der Waals surface area contributed by atoms with E-state index in [-0.39, 0.29) is 17.6 Å². The second-order valence-corrected chi connectivity index (χ2v) is 8.14. The summed E-state index contributed by atoms with van der Waals surface area (Å²) in [5.41, 5.74) is 2.00. The molecule has 28 heavy (non-hydrogen) atoms. The Morgan fingerprint density at radius 3 is 2.46 bits per heavy atom. The van der Waals surface area contributed by atoms with Crippen LogP contribution in [0.3, 0.4) is 0 Å². The smallest absolute Gasteiger partial charge is 0.242 e. The molecule has 0 unspecified atom stereocenters. The third kappa shape index (κ3) is 6.57. The van der Waals surface area contributed by atoms with Gasteiger partial charge in [0.1, 0.15) is 6.04 Å². The zero-order valence-corrected chi connectivity index (χ0v) is 18.1. The molecular weight excluding hydrogens is 392 g/mol. The predicted octanol–water partition coefficient (Wildman–Crippen LogP) is 4.68. The first kappa shape index (κ1) is 22.3. The summed E-state index contributed by atoms with van der Waals surface area (Å²) in [6.45, 7) is 6.68. The van der Waals surface area contributed by atoms with Crippen LogP contribution in [0.25, 0.3) is 0 Å². The van der Waals surface area contributed by atoms with Crippen molar-refractivity contribution in [3.8, 4) is 0 Å². The quantitative estimate of drug-likeness (QED) is 0.601. The molecule has 0 saturated heterocycles. The molecule has 0 aliphatic rings. The lowest BCUT2D eigenvalue weighted by Crippen LogP contribution is -2.48. The van der Waals surface area contributed by atoms with Crippen molar-refractivity contribution in [2.45, 2.75) is 44.7 Å². The molecule has 0 radical (unpaired) electrons. The summed E-state index contributed by atoms with van der Waals surface area (Å²) >= 11 is 7.76. The van der Waals surface area contributed by atoms with Gasteiger partial charge in [-0.25, -0.2) is 0 Å². The summed E-state index contributed by atoms with van der Waals surface area (Å²) in [5.74, 6) is 0.0195. The molecule has 0 bridgehead atoms. The van der Waals surface area contributed by atoms with Gasteiger partial charge in [0.2, 0.25) is 11.8 Å². The number of hydrogen-bond acceptors (Lipinski definition) is 3. The lowest BCUT2D eigenvalue weighted by molar-refractivity contribution is -0.138. The number of rotatable bonds is 9. The fraction of sp³-hybridized carbons (Fsp3) is 0.364. The van der Waals surface area contributed by atoms with Crippen LogP contribution in [0.15, 0.2) is 53.4 Å². The van der Waals surface area contributed by atoms with Crippen molar-refractivity contribution in [3.63, 3.8) is 0 Å². The lowest BCUT2D eigenvalue weighted by Gasteiger charge is -2.29. The average molecular weight is 419 g/mol. The third-order valence-electron chi connectivity index (χ3n) is 4.40. The van der Waals surface area contributed by atoms with Crippen LogP contribution in [0.5, 0.6) is 0 Å². The van der Waals surface area contributed by atoms with Gasteiger partial charge in [-0.15, -0.1) is 11.8 Å². The summed E-state index contributed by atoms with van der Waals surface area (Å²) in [4.78, 5) is 28.1. The van der Waals surface area contributed by atoms with E-state index in [0.717, 1.165) is 16.9 Å². The Kier molecular flexibility index (Phi) is 8.87. The van der Waals surface area contributed by atoms with Gasteiger partial charge in [-0.1, -0.05) is 54.4 Å². The number of carbonyl (C=O) groups excluding carboxylic acids is 2. The molecule has 2 aromatic rings. The number of halogens is 1. The fourth-order valence-electron chi connectivity index (χ4n) is 2.65. The van der Waals surface area contributed by atoms with Crippen LogP contribution in [-0.2, 0) is 16.1 Å². The minimum absolute atomic E-state index is 0.0929. The highest BCUT2D eigenvalue weighted by atomic mass is 35.5. The van der Waals surface area contributed by atoms with E-state index in [1.165, 1.54) is 17.3 Å². The van der Waals surface area contributed by atoms with E-state index < -0.39 is 6.04 Å². The van der Waals surface area contributed by atoms with Crippen LogP contribution >= 0.6 is 23.4 Å². The molecule has 2 aromatic carbocycles. The Hall–Kier alpha value is -1.98. The van der Waals surface area contributed by atoms with Crippen LogP contribution in [0, 0.1) is 6.92 Å². The zero-order valence-electron chi connectivity index (χ0n) is 16.6. The number of nitrogens with one attached hydrogen (secondary N) is 1. The van der Waals surface area contributed by atoms with Crippen molar-refractivity contribution < 1.29 is 9.59 Å². The maximum Gasteiger partial charge on any atom is 0.242 e. The molecule has 1 N–H and O–H groups in total. The molecule has 0 spiro atoms. The molecule has 0 aliphatic heterocycles. The first-order valence-corrected chi connectivity index (χ1v) is 10.8. The van der Waals surface area contributed by atoms with Crippen LogP contribution in [-0.4, -0.2) is 35.1 Å². The standard InChI is InChI=1S/C22H27ClN2O2S/c1-4-13-24-22(27)17(3)25(14-18-7-5-6-8-20(18)23)21(26)15-28-19-11-9-16(2)10-12-19/h5-12,17H,4,13-15H2,1-3H3,(H,24,27)/t17-/m0/s1. The number of benzene rings is 2. The van der Waals surface area contributed by atoms with E-state index in [0.29, 0.717) is 18.1 Å². The van der Waals surface area contributed by atoms with E-state index in [1.807, 2.05) is 56.3 Å². The van der Waals surface area contributed by atoms with Crippen molar-refractivity contribution in [2.75, 3.05) is 12.3 Å². The highest BCUT2D eigenvalue weighted by Gasteiger charge is 2.26. The first-order valence-electron chi connectivity index (χ1n) is 9.42. The molecule has 2 rings (SSSR count). The maximum absolute atomic E-state index is 13.0. The van der Waals surface area contributed by atoms with E-state index >= 15 is 0 Å². The molecule has 4 nitrogen and oxygen atoms in total. The highest BCUT2D eigenvalue weighted by Crippen LogP contribution is 2.22. The zero-order chi connectivity index (χ0) is 20.5. The van der Waals surface area contributed by atoms with Crippen LogP contribution < -0.4 is 5.32 Å². The molecule has 0 aliphatic carbocycles. The van der Waals surface area contributed by atoms with Crippen LogP contribution in [0.1, 0.15) is 31.4 Å². The molecule has 0 heterocycles. The summed E-state index contributed by atoms with van der Waals surface area (Å²) in [6.07, 6.45) is 0.847. The van der Waals surface area contributed by atoms with E-state index in [1.54, 1.807) is 17.9 Å². The van der Waals surface area contributed by atoms with Crippen molar-refractivity contribution in [1.29, 1.82) is 0 Å². The second-order valence-electron chi connectivity index (χ2n) is 6.68. The topological polar surface area (TPSA) is 49.4 Å². The van der Waals surface area contributed by atoms with Gasteiger partial charge in [-0.2, -0.15) is 0 Å². The van der Waals surface area contributed by atoms with Gasteiger partial charge in [0.05, 0.1) is 5.75 Å². The van der Waals surface area contributed by atoms with Crippen LogP contribution in [0.4, 0.5) is 0 Å². The Bertz CT molecular complexity index is 795. The lowest BCUT2D eigenvalue weighted by atomic mass is 10.1.